The van der Waals surface area contributed by atoms with Gasteiger partial charge in [0.15, 0.2) is 5.82 Å². The molecule has 168 valence electrons. The second-order valence-corrected chi connectivity index (χ2v) is 9.83. The van der Waals surface area contributed by atoms with Crippen molar-refractivity contribution < 1.29 is 13.6 Å². The second-order valence-electron chi connectivity index (χ2n) is 9.83. The Hall–Kier alpha value is -2.35. The topological polar surface area (TPSA) is 65.1 Å². The van der Waals surface area contributed by atoms with Gasteiger partial charge in [0.2, 0.25) is 5.91 Å². The van der Waals surface area contributed by atoms with Crippen LogP contribution in [0.25, 0.3) is 0 Å². The number of piperidine rings is 1. The van der Waals surface area contributed by atoms with E-state index in [1.54, 1.807) is 0 Å². The number of H-pyrrole nitrogens is 1. The smallest absolute Gasteiger partial charge is 0.227 e. The van der Waals surface area contributed by atoms with Crippen LogP contribution in [0.2, 0.25) is 0 Å². The number of aryl methyl sites for hydroxylation is 1. The largest absolute Gasteiger partial charge is 0.342 e. The highest BCUT2D eigenvalue weighted by Gasteiger charge is 2.44. The molecule has 8 heteroatoms. The molecular formula is C23H31F2N5O. The van der Waals surface area contributed by atoms with E-state index in [1.807, 2.05) is 11.8 Å². The fourth-order valence-electron chi connectivity index (χ4n) is 4.85. The summed E-state index contributed by atoms with van der Waals surface area (Å²) in [6.45, 7) is 10.6. The van der Waals surface area contributed by atoms with Crippen molar-refractivity contribution in [1.29, 1.82) is 0 Å². The highest BCUT2D eigenvalue weighted by Crippen LogP contribution is 2.39. The van der Waals surface area contributed by atoms with Crippen molar-refractivity contribution in [1.82, 2.24) is 25.0 Å². The number of nitrogens with zero attached hydrogens (tertiary/aromatic N) is 4. The molecule has 6 nitrogen and oxygen atoms in total. The first-order valence-corrected chi connectivity index (χ1v) is 11.0. The molecule has 1 N–H and O–H groups in total. The third-order valence-corrected chi connectivity index (χ3v) is 6.73. The van der Waals surface area contributed by atoms with E-state index in [0.29, 0.717) is 31.7 Å². The quantitative estimate of drug-likeness (QED) is 0.806. The van der Waals surface area contributed by atoms with Crippen molar-refractivity contribution >= 4 is 5.91 Å². The van der Waals surface area contributed by atoms with Crippen LogP contribution in [0.4, 0.5) is 8.78 Å². The maximum absolute atomic E-state index is 14.6. The zero-order chi connectivity index (χ0) is 22.3. The van der Waals surface area contributed by atoms with Gasteiger partial charge in [-0.2, -0.15) is 5.10 Å². The predicted molar refractivity (Wildman–Crippen MR) is 114 cm³/mol. The Labute approximate surface area is 182 Å². The average Bonchev–Trinajstić information content (AvgIpc) is 3.34. The van der Waals surface area contributed by atoms with Gasteiger partial charge in [-0.3, -0.25) is 14.8 Å². The van der Waals surface area contributed by atoms with Gasteiger partial charge in [-0.25, -0.2) is 13.8 Å². The van der Waals surface area contributed by atoms with Gasteiger partial charge in [-0.05, 0) is 52.2 Å². The molecule has 1 amide bonds. The Morgan fingerprint density at radius 1 is 1.16 bits per heavy atom. The number of nitrogens with one attached hydrogen (secondary N) is 1. The number of aromatic amines is 1. The Morgan fingerprint density at radius 2 is 1.87 bits per heavy atom. The molecule has 2 aliphatic rings. The van der Waals surface area contributed by atoms with Gasteiger partial charge in [0, 0.05) is 49.6 Å². The molecule has 31 heavy (non-hydrogen) atoms. The van der Waals surface area contributed by atoms with Crippen molar-refractivity contribution in [2.45, 2.75) is 57.9 Å². The van der Waals surface area contributed by atoms with Crippen LogP contribution in [0, 0.1) is 24.5 Å². The van der Waals surface area contributed by atoms with Crippen molar-refractivity contribution in [2.24, 2.45) is 5.92 Å². The third kappa shape index (κ3) is 4.49. The number of benzene rings is 1. The van der Waals surface area contributed by atoms with Crippen molar-refractivity contribution in [3.63, 3.8) is 0 Å². The minimum atomic E-state index is -0.598. The lowest BCUT2D eigenvalue weighted by Crippen LogP contribution is -2.44. The van der Waals surface area contributed by atoms with Gasteiger partial charge in [-0.1, -0.05) is 6.07 Å². The van der Waals surface area contributed by atoms with Gasteiger partial charge >= 0.3 is 0 Å². The van der Waals surface area contributed by atoms with Crippen molar-refractivity contribution in [3.05, 3.63) is 47.0 Å². The standard InChI is InChI=1S/C23H31F2N5O/c1-14-26-21(28-27-14)15-7-9-29(10-8-15)22(31)19-13-30(23(2,3)4)12-18(19)17-6-5-16(24)11-20(17)25/h5-6,11,15,18-19H,7-10,12-13H2,1-4H3,(H,26,27,28)/t18-,19+/m0/s1. The normalized spacial score (nSPS) is 23.5. The van der Waals surface area contributed by atoms with E-state index in [4.69, 9.17) is 0 Å². The molecule has 0 spiro atoms. The van der Waals surface area contributed by atoms with Crippen LogP contribution in [0.1, 0.15) is 62.7 Å². The molecule has 4 rings (SSSR count). The number of aromatic nitrogens is 3. The molecule has 2 saturated heterocycles. The number of likely N-dealkylation sites (tertiary alicyclic amines) is 2. The third-order valence-electron chi connectivity index (χ3n) is 6.73. The Balaban J connectivity index is 1.51. The molecule has 3 heterocycles. The Kier molecular flexibility index (Phi) is 5.85. The number of hydrogen-bond donors (Lipinski definition) is 1. The summed E-state index contributed by atoms with van der Waals surface area (Å²) in [5.74, 6) is 0.110. The zero-order valence-corrected chi connectivity index (χ0v) is 18.7. The van der Waals surface area contributed by atoms with E-state index in [9.17, 15) is 13.6 Å². The van der Waals surface area contributed by atoms with Gasteiger partial charge in [0.25, 0.3) is 0 Å². The minimum Gasteiger partial charge on any atom is -0.342 e. The molecule has 2 aromatic rings. The molecular weight excluding hydrogens is 400 g/mol. The molecule has 1 aromatic heterocycles. The van der Waals surface area contributed by atoms with Crippen LogP contribution >= 0.6 is 0 Å². The number of carbonyl (C=O) groups is 1. The molecule has 1 aromatic carbocycles. The predicted octanol–water partition coefficient (Wildman–Crippen LogP) is 3.61. The van der Waals surface area contributed by atoms with E-state index >= 15 is 0 Å². The van der Waals surface area contributed by atoms with Crippen LogP contribution in [-0.2, 0) is 4.79 Å². The highest BCUT2D eigenvalue weighted by atomic mass is 19.1. The summed E-state index contributed by atoms with van der Waals surface area (Å²) in [5, 5.41) is 7.16. The molecule has 0 unspecified atom stereocenters. The number of rotatable bonds is 3. The Morgan fingerprint density at radius 3 is 2.45 bits per heavy atom. The average molecular weight is 432 g/mol. The van der Waals surface area contributed by atoms with E-state index in [1.165, 1.54) is 12.1 Å². The van der Waals surface area contributed by atoms with Gasteiger partial charge in [0.05, 0.1) is 5.92 Å². The van der Waals surface area contributed by atoms with Gasteiger partial charge in [-0.15, -0.1) is 0 Å². The lowest BCUT2D eigenvalue weighted by molar-refractivity contribution is -0.136. The first kappa shape index (κ1) is 21.9. The maximum atomic E-state index is 14.6. The number of hydrogen-bond acceptors (Lipinski definition) is 4. The maximum Gasteiger partial charge on any atom is 0.227 e. The van der Waals surface area contributed by atoms with Gasteiger partial charge < -0.3 is 4.90 Å². The fraction of sp³-hybridized carbons (Fsp3) is 0.609. The van der Waals surface area contributed by atoms with Crippen LogP contribution in [-0.4, -0.2) is 62.6 Å². The molecule has 2 atom stereocenters. The first-order valence-electron chi connectivity index (χ1n) is 11.0. The SMILES string of the molecule is Cc1nc(C2CCN(C(=O)[C@@H]3CN(C(C)(C)C)C[C@H]3c3ccc(F)cc3F)CC2)n[nH]1. The Bertz CT molecular complexity index is 946. The van der Waals surface area contributed by atoms with Crippen LogP contribution < -0.4 is 0 Å². The number of carbonyl (C=O) groups excluding carboxylic acids is 1. The lowest BCUT2D eigenvalue weighted by atomic mass is 9.86. The summed E-state index contributed by atoms with van der Waals surface area (Å²) in [5.41, 5.74) is 0.290. The number of halogens is 2. The molecule has 2 fully saturated rings. The van der Waals surface area contributed by atoms with E-state index in [0.717, 1.165) is 30.6 Å². The highest BCUT2D eigenvalue weighted by molar-refractivity contribution is 5.81. The van der Waals surface area contributed by atoms with E-state index in [-0.39, 0.29) is 29.2 Å². The van der Waals surface area contributed by atoms with Crippen LogP contribution in [0.3, 0.4) is 0 Å². The minimum absolute atomic E-state index is 0.0603. The number of amides is 1. The van der Waals surface area contributed by atoms with Crippen LogP contribution in [0.15, 0.2) is 18.2 Å². The van der Waals surface area contributed by atoms with E-state index < -0.39 is 11.6 Å². The molecule has 0 bridgehead atoms. The second kappa shape index (κ2) is 8.30. The molecule has 0 aliphatic carbocycles. The summed E-state index contributed by atoms with van der Waals surface area (Å²) >= 11 is 0. The fourth-order valence-corrected chi connectivity index (χ4v) is 4.85. The van der Waals surface area contributed by atoms with Crippen molar-refractivity contribution in [2.75, 3.05) is 26.2 Å². The van der Waals surface area contributed by atoms with E-state index in [2.05, 4.69) is 40.9 Å². The first-order chi connectivity index (χ1) is 14.6. The monoisotopic (exact) mass is 431 g/mol. The zero-order valence-electron chi connectivity index (χ0n) is 18.7. The lowest BCUT2D eigenvalue weighted by Gasteiger charge is -2.34. The van der Waals surface area contributed by atoms with Crippen LogP contribution in [0.5, 0.6) is 0 Å². The molecule has 0 saturated carbocycles. The van der Waals surface area contributed by atoms with Gasteiger partial charge in [0.1, 0.15) is 17.5 Å². The summed E-state index contributed by atoms with van der Waals surface area (Å²) < 4.78 is 28.1. The molecule has 2 aliphatic heterocycles. The summed E-state index contributed by atoms with van der Waals surface area (Å²) in [6.07, 6.45) is 1.63. The summed E-state index contributed by atoms with van der Waals surface area (Å²) in [4.78, 5) is 22.1. The summed E-state index contributed by atoms with van der Waals surface area (Å²) in [7, 11) is 0. The summed E-state index contributed by atoms with van der Waals surface area (Å²) in [6, 6.07) is 3.70. The van der Waals surface area contributed by atoms with Crippen molar-refractivity contribution in [3.8, 4) is 0 Å². The molecule has 0 radical (unpaired) electrons.